The highest BCUT2D eigenvalue weighted by atomic mass is 16.5. The van der Waals surface area contributed by atoms with E-state index >= 15 is 0 Å². The van der Waals surface area contributed by atoms with Gasteiger partial charge in [0.05, 0.1) is 5.56 Å². The van der Waals surface area contributed by atoms with E-state index in [4.69, 9.17) is 9.47 Å². The molecule has 1 atom stereocenters. The van der Waals surface area contributed by atoms with E-state index in [9.17, 15) is 4.79 Å². The van der Waals surface area contributed by atoms with Gasteiger partial charge in [-0.05, 0) is 35.2 Å². The first-order valence-corrected chi connectivity index (χ1v) is 8.67. The second kappa shape index (κ2) is 5.88. The first kappa shape index (κ1) is 15.0. The molecule has 3 nitrogen and oxygen atoms in total. The normalized spacial score (nSPS) is 15.6. The summed E-state index contributed by atoms with van der Waals surface area (Å²) in [4.78, 5) is 12.6. The lowest BCUT2D eigenvalue weighted by atomic mass is 10.0. The van der Waals surface area contributed by atoms with Gasteiger partial charge in [0.1, 0.15) is 17.6 Å². The lowest BCUT2D eigenvalue weighted by Crippen LogP contribution is -2.14. The van der Waals surface area contributed by atoms with Gasteiger partial charge < -0.3 is 9.47 Å². The minimum Gasteiger partial charge on any atom is -0.484 e. The van der Waals surface area contributed by atoms with Crippen LogP contribution in [0.3, 0.4) is 0 Å². The van der Waals surface area contributed by atoms with Crippen LogP contribution in [0.15, 0.2) is 78.9 Å². The van der Waals surface area contributed by atoms with Crippen LogP contribution >= 0.6 is 0 Å². The number of fused-ring (bicyclic) bond motifs is 1. The van der Waals surface area contributed by atoms with Crippen LogP contribution in [-0.2, 0) is 6.42 Å². The molecule has 3 heteroatoms. The van der Waals surface area contributed by atoms with Crippen LogP contribution in [0.5, 0.6) is 11.5 Å². The van der Waals surface area contributed by atoms with Crippen molar-refractivity contribution in [3.63, 3.8) is 0 Å². The Morgan fingerprint density at radius 3 is 2.46 bits per heavy atom. The van der Waals surface area contributed by atoms with Gasteiger partial charge in [0.15, 0.2) is 0 Å². The maximum Gasteiger partial charge on any atom is 0.343 e. The molecule has 3 aromatic rings. The lowest BCUT2D eigenvalue weighted by molar-refractivity contribution is 0.0736. The predicted molar refractivity (Wildman–Crippen MR) is 100 cm³/mol. The highest BCUT2D eigenvalue weighted by Crippen LogP contribution is 2.56. The molecule has 3 aliphatic rings. The summed E-state index contributed by atoms with van der Waals surface area (Å²) in [5.41, 5.74) is 2.93. The molecular weight excluding hydrogens is 324 g/mol. The van der Waals surface area contributed by atoms with E-state index in [1.54, 1.807) is 12.1 Å². The van der Waals surface area contributed by atoms with Crippen molar-refractivity contribution in [1.82, 2.24) is 0 Å². The fourth-order valence-electron chi connectivity index (χ4n) is 3.65. The van der Waals surface area contributed by atoms with E-state index in [1.165, 1.54) is 5.56 Å². The van der Waals surface area contributed by atoms with Crippen LogP contribution in [0.2, 0.25) is 0 Å². The van der Waals surface area contributed by atoms with E-state index in [1.807, 2.05) is 54.6 Å². The molecule has 0 N–H and O–H groups in total. The maximum absolute atomic E-state index is 12.6. The third kappa shape index (κ3) is 2.32. The predicted octanol–water partition coefficient (Wildman–Crippen LogP) is 5.17. The Labute approximate surface area is 151 Å². The third-order valence-electron chi connectivity index (χ3n) is 4.84. The maximum atomic E-state index is 12.6. The van der Waals surface area contributed by atoms with Crippen LogP contribution in [0.25, 0.3) is 10.8 Å². The Balaban J connectivity index is 1.72. The Morgan fingerprint density at radius 1 is 0.923 bits per heavy atom. The Morgan fingerprint density at radius 2 is 1.62 bits per heavy atom. The average Bonchev–Trinajstić information content (AvgIpc) is 3.18. The minimum absolute atomic E-state index is 0.0819. The highest BCUT2D eigenvalue weighted by Gasteiger charge is 2.41. The van der Waals surface area contributed by atoms with Crippen molar-refractivity contribution >= 4 is 16.7 Å². The van der Waals surface area contributed by atoms with E-state index in [2.05, 4.69) is 12.1 Å². The van der Waals surface area contributed by atoms with E-state index < -0.39 is 0 Å². The zero-order chi connectivity index (χ0) is 17.5. The summed E-state index contributed by atoms with van der Waals surface area (Å²) in [5.74, 6) is 1.16. The number of ether oxygens (including phenoxy) is 2. The van der Waals surface area contributed by atoms with Gasteiger partial charge in [-0.3, -0.25) is 0 Å². The average molecular weight is 340 g/mol. The standard InChI is InChI=1S/C23H16O3/c24-23(15-9-6-4-7-10-15)26-18-12-8-3-1-2-5-11-16-13-17-14-19-21(20(16)18)22(17)25-19/h1-13,19H,14H2. The number of rotatable bonds is 2. The monoisotopic (exact) mass is 340 g/mol. The number of carbonyl (C=O) groups is 1. The van der Waals surface area contributed by atoms with Crippen molar-refractivity contribution in [2.24, 2.45) is 0 Å². The Hall–Kier alpha value is -3.33. The molecular formula is C23H16O3. The van der Waals surface area contributed by atoms with Crippen molar-refractivity contribution in [3.05, 3.63) is 95.6 Å². The summed E-state index contributed by atoms with van der Waals surface area (Å²) in [7, 11) is 0. The molecule has 0 fully saturated rings. The zero-order valence-corrected chi connectivity index (χ0v) is 14.0. The van der Waals surface area contributed by atoms with Gasteiger partial charge in [0.2, 0.25) is 0 Å². The molecule has 0 amide bonds. The van der Waals surface area contributed by atoms with Gasteiger partial charge in [-0.15, -0.1) is 0 Å². The van der Waals surface area contributed by atoms with Gasteiger partial charge in [-0.1, -0.05) is 54.6 Å². The van der Waals surface area contributed by atoms with Crippen LogP contribution in [0, 0.1) is 0 Å². The first-order chi connectivity index (χ1) is 12.8. The van der Waals surface area contributed by atoms with Gasteiger partial charge in [-0.25, -0.2) is 4.79 Å². The molecule has 4 bridgehead atoms. The van der Waals surface area contributed by atoms with E-state index in [0.29, 0.717) is 11.3 Å². The molecule has 0 saturated carbocycles. The summed E-state index contributed by atoms with van der Waals surface area (Å²) in [6.45, 7) is 0. The molecule has 2 aliphatic heterocycles. The van der Waals surface area contributed by atoms with Gasteiger partial charge in [-0.2, -0.15) is 0 Å². The fraction of sp³-hybridized carbons (Fsp3) is 0.0870. The molecule has 0 saturated heterocycles. The van der Waals surface area contributed by atoms with Crippen molar-refractivity contribution in [3.8, 4) is 11.5 Å². The largest absolute Gasteiger partial charge is 0.484 e. The Kier molecular flexibility index (Phi) is 3.39. The molecule has 1 unspecified atom stereocenters. The summed E-state index contributed by atoms with van der Waals surface area (Å²) >= 11 is 0. The molecule has 3 aromatic carbocycles. The van der Waals surface area contributed by atoms with Crippen LogP contribution in [0.4, 0.5) is 0 Å². The topological polar surface area (TPSA) is 35.5 Å². The lowest BCUT2D eigenvalue weighted by Gasteiger charge is -2.24. The van der Waals surface area contributed by atoms with Crippen molar-refractivity contribution in [1.29, 1.82) is 0 Å². The highest BCUT2D eigenvalue weighted by molar-refractivity contribution is 5.99. The number of esters is 1. The molecule has 0 spiro atoms. The van der Waals surface area contributed by atoms with Crippen LogP contribution < -0.4 is 9.47 Å². The quantitative estimate of drug-likeness (QED) is 0.604. The van der Waals surface area contributed by atoms with Crippen LogP contribution in [-0.4, -0.2) is 5.97 Å². The second-order valence-electron chi connectivity index (χ2n) is 6.47. The minimum atomic E-state index is -0.360. The van der Waals surface area contributed by atoms with Crippen molar-refractivity contribution in [2.75, 3.05) is 0 Å². The first-order valence-electron chi connectivity index (χ1n) is 8.67. The summed E-state index contributed by atoms with van der Waals surface area (Å²) in [5, 5.41) is 2.01. The van der Waals surface area contributed by atoms with E-state index in [0.717, 1.165) is 28.5 Å². The smallest absolute Gasteiger partial charge is 0.343 e. The number of benzene rings is 2. The van der Waals surface area contributed by atoms with Gasteiger partial charge in [0, 0.05) is 17.4 Å². The Bertz CT molecular complexity index is 1090. The molecule has 6 rings (SSSR count). The fourth-order valence-corrected chi connectivity index (χ4v) is 3.65. The van der Waals surface area contributed by atoms with Crippen molar-refractivity contribution < 1.29 is 14.3 Å². The molecule has 2 heterocycles. The number of carbonyl (C=O) groups excluding carboxylic acids is 1. The molecule has 126 valence electrons. The molecule has 1 aliphatic carbocycles. The summed E-state index contributed by atoms with van der Waals surface area (Å²) < 4.78 is 11.6. The van der Waals surface area contributed by atoms with Gasteiger partial charge in [0.25, 0.3) is 0 Å². The summed E-state index contributed by atoms with van der Waals surface area (Å²) in [6.07, 6.45) is 0.982. The summed E-state index contributed by atoms with van der Waals surface area (Å²) in [6, 6.07) is 24.8. The molecule has 0 aromatic heterocycles. The molecule has 26 heavy (non-hydrogen) atoms. The van der Waals surface area contributed by atoms with E-state index in [-0.39, 0.29) is 12.1 Å². The second-order valence-corrected chi connectivity index (χ2v) is 6.47. The third-order valence-corrected chi connectivity index (χ3v) is 4.84. The van der Waals surface area contributed by atoms with Crippen molar-refractivity contribution in [2.45, 2.75) is 12.5 Å². The van der Waals surface area contributed by atoms with Gasteiger partial charge >= 0.3 is 5.97 Å². The van der Waals surface area contributed by atoms with Crippen LogP contribution in [0.1, 0.15) is 27.6 Å². The number of hydrogen-bond acceptors (Lipinski definition) is 3. The SMILES string of the molecule is O=C(Oc1cccccccc2cc3c4c(c12)C(C3)O4)c1ccccc1. The molecule has 0 radical (unpaired) electrons. The zero-order valence-electron chi connectivity index (χ0n) is 14.0. The number of hydrogen-bond donors (Lipinski definition) is 0.